The Hall–Kier alpha value is -3.18. The van der Waals surface area contributed by atoms with Gasteiger partial charge in [0.15, 0.2) is 5.69 Å². The second-order valence-corrected chi connectivity index (χ2v) is 6.22. The Kier molecular flexibility index (Phi) is 6.32. The van der Waals surface area contributed by atoms with Crippen molar-refractivity contribution in [3.05, 3.63) is 45.2 Å². The third-order valence-electron chi connectivity index (χ3n) is 4.53. The molecule has 0 fully saturated rings. The minimum Gasteiger partial charge on any atom is -0.506 e. The number of nitrogens with zero attached hydrogens (tertiary/aromatic N) is 4. The number of aliphatic hydroxyl groups is 1. The predicted molar refractivity (Wildman–Crippen MR) is 99.9 cm³/mol. The molecule has 0 spiro atoms. The summed E-state index contributed by atoms with van der Waals surface area (Å²) in [6.45, 7) is 5.00. The Balaban J connectivity index is 2.59. The predicted octanol–water partition coefficient (Wildman–Crippen LogP) is 3.36. The molecule has 0 bridgehead atoms. The molecule has 1 atom stereocenters. The number of phenols is 1. The van der Waals surface area contributed by atoms with Gasteiger partial charge in [-0.25, -0.2) is 0 Å². The first-order valence-electron chi connectivity index (χ1n) is 8.57. The zero-order valence-electron chi connectivity index (χ0n) is 15.5. The second kappa shape index (κ2) is 8.47. The van der Waals surface area contributed by atoms with Crippen LogP contribution in [0.1, 0.15) is 42.9 Å². The molecular formula is C19H22N4O4. The number of nitriles is 1. The summed E-state index contributed by atoms with van der Waals surface area (Å²) in [6, 6.07) is 6.84. The Bertz CT molecular complexity index is 973. The summed E-state index contributed by atoms with van der Waals surface area (Å²) in [5.74, 6) is -0.338. The van der Waals surface area contributed by atoms with Gasteiger partial charge in [-0.15, -0.1) is 10.2 Å². The Labute approximate surface area is 156 Å². The molecule has 1 heterocycles. The lowest BCUT2D eigenvalue weighted by Crippen LogP contribution is -2.23. The first-order valence-corrected chi connectivity index (χ1v) is 8.57. The number of rotatable bonds is 6. The molecule has 2 aromatic rings. The zero-order chi connectivity index (χ0) is 20.1. The molecule has 0 aliphatic carbocycles. The first-order chi connectivity index (χ1) is 12.8. The highest BCUT2D eigenvalue weighted by molar-refractivity contribution is 5.58. The van der Waals surface area contributed by atoms with E-state index in [0.717, 1.165) is 16.6 Å². The minimum atomic E-state index is -0.681. The van der Waals surface area contributed by atoms with Crippen LogP contribution in [0.15, 0.2) is 33.2 Å². The fraction of sp³-hybridized carbons (Fsp3) is 0.368. The van der Waals surface area contributed by atoms with E-state index in [2.05, 4.69) is 10.2 Å². The summed E-state index contributed by atoms with van der Waals surface area (Å²) >= 11 is 0. The molecule has 0 amide bonds. The van der Waals surface area contributed by atoms with Crippen molar-refractivity contribution in [2.45, 2.75) is 39.7 Å². The number of hydrogen-bond acceptors (Lipinski definition) is 7. The van der Waals surface area contributed by atoms with Gasteiger partial charge in [0.05, 0.1) is 13.2 Å². The maximum Gasteiger partial charge on any atom is 0.281 e. The van der Waals surface area contributed by atoms with Crippen LogP contribution >= 0.6 is 0 Å². The van der Waals surface area contributed by atoms with Gasteiger partial charge in [-0.1, -0.05) is 19.9 Å². The molecule has 0 saturated heterocycles. The lowest BCUT2D eigenvalue weighted by atomic mass is 9.98. The highest BCUT2D eigenvalue weighted by Crippen LogP contribution is 2.33. The van der Waals surface area contributed by atoms with Crippen molar-refractivity contribution < 1.29 is 15.3 Å². The van der Waals surface area contributed by atoms with E-state index < -0.39 is 18.0 Å². The van der Waals surface area contributed by atoms with Gasteiger partial charge >= 0.3 is 0 Å². The highest BCUT2D eigenvalue weighted by atomic mass is 16.3. The standard InChI is InChI=1S/C19H22N4O4/c1-4-11(2)13-5-6-16(25)15(9-13)21-22-17-12(3)14(10-20)18(26)23(7-8-24)19(17)27/h5-6,9,11,24-26H,4,7-8H2,1-3H3. The molecule has 0 saturated carbocycles. The number of aromatic nitrogens is 1. The van der Waals surface area contributed by atoms with Gasteiger partial charge in [-0.05, 0) is 37.0 Å². The smallest absolute Gasteiger partial charge is 0.281 e. The lowest BCUT2D eigenvalue weighted by molar-refractivity contribution is 0.263. The molecule has 8 heteroatoms. The Morgan fingerprint density at radius 1 is 1.30 bits per heavy atom. The Morgan fingerprint density at radius 3 is 2.59 bits per heavy atom. The molecule has 142 valence electrons. The molecule has 27 heavy (non-hydrogen) atoms. The van der Waals surface area contributed by atoms with Crippen molar-refractivity contribution >= 4 is 11.4 Å². The molecule has 2 rings (SSSR count). The molecule has 0 aliphatic rings. The number of aromatic hydroxyl groups is 2. The summed E-state index contributed by atoms with van der Waals surface area (Å²) in [6.07, 6.45) is 0.913. The van der Waals surface area contributed by atoms with Gasteiger partial charge in [0.2, 0.25) is 5.88 Å². The summed E-state index contributed by atoms with van der Waals surface area (Å²) in [5, 5.41) is 46.4. The molecule has 1 unspecified atom stereocenters. The van der Waals surface area contributed by atoms with Crippen LogP contribution < -0.4 is 5.56 Å². The third kappa shape index (κ3) is 3.99. The fourth-order valence-corrected chi connectivity index (χ4v) is 2.63. The zero-order valence-corrected chi connectivity index (χ0v) is 15.5. The quantitative estimate of drug-likeness (QED) is 0.671. The number of azo groups is 1. The van der Waals surface area contributed by atoms with E-state index in [-0.39, 0.29) is 40.7 Å². The van der Waals surface area contributed by atoms with Crippen molar-refractivity contribution in [1.29, 1.82) is 5.26 Å². The van der Waals surface area contributed by atoms with Crippen LogP contribution in [0, 0.1) is 18.3 Å². The van der Waals surface area contributed by atoms with E-state index in [1.165, 1.54) is 13.0 Å². The minimum absolute atomic E-state index is 0.0848. The normalized spacial score (nSPS) is 12.3. The van der Waals surface area contributed by atoms with E-state index in [0.29, 0.717) is 0 Å². The maximum absolute atomic E-state index is 12.6. The van der Waals surface area contributed by atoms with Crippen LogP contribution in [-0.2, 0) is 6.54 Å². The summed E-state index contributed by atoms with van der Waals surface area (Å²) < 4.78 is 0.870. The highest BCUT2D eigenvalue weighted by Gasteiger charge is 2.19. The average Bonchev–Trinajstić information content (AvgIpc) is 2.66. The van der Waals surface area contributed by atoms with E-state index in [4.69, 9.17) is 5.11 Å². The number of benzene rings is 1. The van der Waals surface area contributed by atoms with Gasteiger partial charge in [-0.3, -0.25) is 9.36 Å². The average molecular weight is 370 g/mol. The number of aliphatic hydroxyl groups excluding tert-OH is 1. The third-order valence-corrected chi connectivity index (χ3v) is 4.53. The molecule has 0 radical (unpaired) electrons. The van der Waals surface area contributed by atoms with Crippen molar-refractivity contribution in [2.75, 3.05) is 6.61 Å². The first kappa shape index (κ1) is 20.1. The summed E-state index contributed by atoms with van der Waals surface area (Å²) in [7, 11) is 0. The van der Waals surface area contributed by atoms with Crippen molar-refractivity contribution in [3.63, 3.8) is 0 Å². The van der Waals surface area contributed by atoms with Gasteiger partial charge in [-0.2, -0.15) is 5.26 Å². The van der Waals surface area contributed by atoms with Crippen LogP contribution in [0.2, 0.25) is 0 Å². The largest absolute Gasteiger partial charge is 0.506 e. The van der Waals surface area contributed by atoms with Crippen molar-refractivity contribution in [3.8, 4) is 17.7 Å². The van der Waals surface area contributed by atoms with Crippen LogP contribution in [0.25, 0.3) is 0 Å². The van der Waals surface area contributed by atoms with E-state index in [9.17, 15) is 20.3 Å². The second-order valence-electron chi connectivity index (χ2n) is 6.22. The topological polar surface area (TPSA) is 131 Å². The van der Waals surface area contributed by atoms with E-state index in [1.54, 1.807) is 12.1 Å². The lowest BCUT2D eigenvalue weighted by Gasteiger charge is -2.12. The summed E-state index contributed by atoms with van der Waals surface area (Å²) in [5.41, 5.74) is 0.421. The number of hydrogen-bond donors (Lipinski definition) is 3. The van der Waals surface area contributed by atoms with Crippen molar-refractivity contribution in [2.24, 2.45) is 10.2 Å². The molecular weight excluding hydrogens is 348 g/mol. The molecule has 3 N–H and O–H groups in total. The molecule has 1 aromatic heterocycles. The monoisotopic (exact) mass is 370 g/mol. The maximum atomic E-state index is 12.6. The van der Waals surface area contributed by atoms with Gasteiger partial charge in [0.1, 0.15) is 23.1 Å². The summed E-state index contributed by atoms with van der Waals surface area (Å²) in [4.78, 5) is 12.6. The number of phenolic OH excluding ortho intramolecular Hbond substituents is 1. The Morgan fingerprint density at radius 2 is 2.00 bits per heavy atom. The van der Waals surface area contributed by atoms with Crippen LogP contribution in [0.5, 0.6) is 11.6 Å². The van der Waals surface area contributed by atoms with Gasteiger partial charge < -0.3 is 15.3 Å². The fourth-order valence-electron chi connectivity index (χ4n) is 2.63. The SMILES string of the molecule is CCC(C)c1ccc(O)c(N=Nc2c(C)c(C#N)c(O)n(CCO)c2=O)c1. The molecule has 1 aromatic carbocycles. The molecule has 8 nitrogen and oxygen atoms in total. The van der Waals surface area contributed by atoms with Crippen LogP contribution in [0.3, 0.4) is 0 Å². The van der Waals surface area contributed by atoms with E-state index >= 15 is 0 Å². The molecule has 0 aliphatic heterocycles. The van der Waals surface area contributed by atoms with E-state index in [1.807, 2.05) is 19.9 Å². The van der Waals surface area contributed by atoms with Gasteiger partial charge in [0, 0.05) is 5.56 Å². The van der Waals surface area contributed by atoms with Crippen LogP contribution in [0.4, 0.5) is 11.4 Å². The van der Waals surface area contributed by atoms with Gasteiger partial charge in [0.25, 0.3) is 5.56 Å². The number of pyridine rings is 1. The van der Waals surface area contributed by atoms with Crippen molar-refractivity contribution in [1.82, 2.24) is 4.57 Å². The van der Waals surface area contributed by atoms with Crippen LogP contribution in [-0.4, -0.2) is 26.5 Å².